The van der Waals surface area contributed by atoms with Gasteiger partial charge in [-0.1, -0.05) is 41.6 Å². The summed E-state index contributed by atoms with van der Waals surface area (Å²) in [5.41, 5.74) is 1.23. The van der Waals surface area contributed by atoms with Crippen LogP contribution in [0.15, 0.2) is 29.6 Å². The molecule has 0 saturated carbocycles. The van der Waals surface area contributed by atoms with Gasteiger partial charge in [-0.15, -0.1) is 0 Å². The van der Waals surface area contributed by atoms with E-state index in [1.54, 1.807) is 36.6 Å². The van der Waals surface area contributed by atoms with Gasteiger partial charge in [-0.25, -0.2) is 9.97 Å². The lowest BCUT2D eigenvalue weighted by Crippen LogP contribution is -2.34. The second-order valence-corrected chi connectivity index (χ2v) is 9.58. The van der Waals surface area contributed by atoms with Crippen molar-refractivity contribution in [3.63, 3.8) is 0 Å². The first-order chi connectivity index (χ1) is 14.5. The van der Waals surface area contributed by atoms with E-state index >= 15 is 0 Å². The molecule has 1 saturated heterocycles. The van der Waals surface area contributed by atoms with Gasteiger partial charge < -0.3 is 15.0 Å². The predicted molar refractivity (Wildman–Crippen MR) is 123 cm³/mol. The zero-order valence-electron chi connectivity index (χ0n) is 16.7. The molecule has 30 heavy (non-hydrogen) atoms. The highest BCUT2D eigenvalue weighted by molar-refractivity contribution is 8.00. The number of amides is 1. The zero-order chi connectivity index (χ0) is 21.1. The summed E-state index contributed by atoms with van der Waals surface area (Å²) in [6, 6.07) is 5.10. The molecule has 0 radical (unpaired) electrons. The maximum atomic E-state index is 12.5. The molecule has 3 aromatic rings. The molecule has 0 aliphatic carbocycles. The van der Waals surface area contributed by atoms with Gasteiger partial charge in [0.15, 0.2) is 10.8 Å². The Hall–Kier alpha value is -2.10. The smallest absolute Gasteiger partial charge is 0.234 e. The monoisotopic (exact) mass is 463 g/mol. The van der Waals surface area contributed by atoms with Gasteiger partial charge >= 0.3 is 0 Å². The number of fused-ring (bicyclic) bond motifs is 1. The van der Waals surface area contributed by atoms with Crippen LogP contribution in [0.4, 0.5) is 10.8 Å². The van der Waals surface area contributed by atoms with Crippen LogP contribution in [0.3, 0.4) is 0 Å². The van der Waals surface area contributed by atoms with Crippen molar-refractivity contribution in [2.24, 2.45) is 5.92 Å². The molecule has 0 bridgehead atoms. The van der Waals surface area contributed by atoms with Crippen molar-refractivity contribution in [2.75, 3.05) is 36.2 Å². The maximum Gasteiger partial charge on any atom is 0.234 e. The van der Waals surface area contributed by atoms with Crippen LogP contribution in [-0.4, -0.2) is 46.8 Å². The molecule has 1 aromatic carbocycles. The molecule has 1 N–H and O–H groups in total. The van der Waals surface area contributed by atoms with Crippen molar-refractivity contribution in [3.8, 4) is 5.75 Å². The average molecular weight is 464 g/mol. The fourth-order valence-corrected chi connectivity index (χ4v) is 5.52. The molecule has 1 atom stereocenters. The molecule has 10 heteroatoms. The second-order valence-electron chi connectivity index (χ2n) is 7.20. The maximum absolute atomic E-state index is 12.5. The molecule has 2 aromatic heterocycles. The number of carbonyl (C=O) groups excluding carboxylic acids is 1. The largest absolute Gasteiger partial charge is 0.495 e. The Kier molecular flexibility index (Phi) is 6.60. The number of hydrogen-bond donors (Lipinski definition) is 1. The van der Waals surface area contributed by atoms with Gasteiger partial charge in [0.05, 0.1) is 18.6 Å². The molecule has 1 fully saturated rings. The minimum Gasteiger partial charge on any atom is -0.495 e. The fourth-order valence-electron chi connectivity index (χ4n) is 3.42. The van der Waals surface area contributed by atoms with Gasteiger partial charge in [-0.2, -0.15) is 4.98 Å². The number of aromatic nitrogens is 3. The number of thiazole rings is 1. The molecule has 1 unspecified atom stereocenters. The summed E-state index contributed by atoms with van der Waals surface area (Å²) < 4.78 is 6.20. The third-order valence-corrected chi connectivity index (χ3v) is 7.32. The van der Waals surface area contributed by atoms with Gasteiger partial charge in [0.2, 0.25) is 5.91 Å². The Balaban J connectivity index is 1.46. The van der Waals surface area contributed by atoms with Gasteiger partial charge in [-0.05, 0) is 37.0 Å². The van der Waals surface area contributed by atoms with Crippen LogP contribution in [0.1, 0.15) is 19.8 Å². The summed E-state index contributed by atoms with van der Waals surface area (Å²) in [6.45, 7) is 4.30. The van der Waals surface area contributed by atoms with E-state index < -0.39 is 0 Å². The van der Waals surface area contributed by atoms with Gasteiger partial charge in [-0.3, -0.25) is 4.79 Å². The molecule has 7 nitrogen and oxygen atoms in total. The number of ether oxygens (including phenoxy) is 1. The highest BCUT2D eigenvalue weighted by atomic mass is 35.5. The van der Waals surface area contributed by atoms with E-state index in [4.69, 9.17) is 21.3 Å². The summed E-state index contributed by atoms with van der Waals surface area (Å²) in [4.78, 5) is 28.2. The number of rotatable bonds is 6. The van der Waals surface area contributed by atoms with E-state index in [1.807, 2.05) is 0 Å². The minimum atomic E-state index is -0.165. The quantitative estimate of drug-likeness (QED) is 0.418. The fraction of sp³-hybridized carbons (Fsp3) is 0.400. The van der Waals surface area contributed by atoms with Crippen molar-refractivity contribution in [1.29, 1.82) is 0 Å². The number of carbonyl (C=O) groups is 1. The van der Waals surface area contributed by atoms with Crippen LogP contribution in [0.5, 0.6) is 5.75 Å². The highest BCUT2D eigenvalue weighted by Crippen LogP contribution is 2.35. The first-order valence-electron chi connectivity index (χ1n) is 9.66. The molecule has 158 valence electrons. The normalized spacial score (nSPS) is 16.6. The van der Waals surface area contributed by atoms with E-state index in [-0.39, 0.29) is 11.7 Å². The number of hydrogen-bond acceptors (Lipinski definition) is 8. The Bertz CT molecular complexity index is 1060. The molecule has 1 aliphatic heterocycles. The zero-order valence-corrected chi connectivity index (χ0v) is 19.1. The summed E-state index contributed by atoms with van der Waals surface area (Å²) in [5.74, 6) is 1.26. The molecule has 0 spiro atoms. The Labute approximate surface area is 188 Å². The number of benzene rings is 1. The van der Waals surface area contributed by atoms with Crippen LogP contribution >= 0.6 is 34.7 Å². The van der Waals surface area contributed by atoms with Gasteiger partial charge in [0.25, 0.3) is 0 Å². The van der Waals surface area contributed by atoms with E-state index in [0.717, 1.165) is 27.9 Å². The van der Waals surface area contributed by atoms with Crippen molar-refractivity contribution >= 4 is 61.8 Å². The lowest BCUT2D eigenvalue weighted by atomic mass is 10.0. The number of methoxy groups -OCH3 is 1. The van der Waals surface area contributed by atoms with Crippen LogP contribution in [-0.2, 0) is 4.79 Å². The standard InChI is InChI=1S/C20H22ClN5O2S2/c1-12-4-3-7-26(9-12)20-25-18-17(30-20)19(23-11-22-18)29-10-16(27)24-14-8-13(21)5-6-15(14)28-2/h5-6,8,11-12H,3-4,7,9-10H2,1-2H3,(H,24,27). The number of anilines is 2. The van der Waals surface area contributed by atoms with Gasteiger partial charge in [0, 0.05) is 18.1 Å². The Morgan fingerprint density at radius 1 is 1.43 bits per heavy atom. The van der Waals surface area contributed by atoms with Crippen molar-refractivity contribution in [1.82, 2.24) is 15.0 Å². The van der Waals surface area contributed by atoms with E-state index in [2.05, 4.69) is 27.1 Å². The van der Waals surface area contributed by atoms with Crippen LogP contribution < -0.4 is 15.0 Å². The highest BCUT2D eigenvalue weighted by Gasteiger charge is 2.21. The molecule has 1 aliphatic rings. The molecular weight excluding hydrogens is 442 g/mol. The number of nitrogens with zero attached hydrogens (tertiary/aromatic N) is 4. The van der Waals surface area contributed by atoms with Crippen LogP contribution in [0.2, 0.25) is 5.02 Å². The van der Waals surface area contributed by atoms with Crippen LogP contribution in [0, 0.1) is 5.92 Å². The lowest BCUT2D eigenvalue weighted by molar-refractivity contribution is -0.113. The van der Waals surface area contributed by atoms with Crippen molar-refractivity contribution < 1.29 is 9.53 Å². The first-order valence-corrected chi connectivity index (χ1v) is 11.8. The number of halogens is 1. The third-order valence-electron chi connectivity index (χ3n) is 4.85. The summed E-state index contributed by atoms with van der Waals surface area (Å²) in [7, 11) is 1.55. The summed E-state index contributed by atoms with van der Waals surface area (Å²) >= 11 is 9.00. The lowest BCUT2D eigenvalue weighted by Gasteiger charge is -2.30. The Morgan fingerprint density at radius 2 is 2.30 bits per heavy atom. The second kappa shape index (κ2) is 9.36. The van der Waals surface area contributed by atoms with Crippen molar-refractivity contribution in [2.45, 2.75) is 24.8 Å². The molecular formula is C20H22ClN5O2S2. The summed E-state index contributed by atoms with van der Waals surface area (Å²) in [6.07, 6.45) is 3.94. The van der Waals surface area contributed by atoms with E-state index in [1.165, 1.54) is 30.9 Å². The van der Waals surface area contributed by atoms with Gasteiger partial charge in [0.1, 0.15) is 21.8 Å². The minimum absolute atomic E-state index is 0.165. The van der Waals surface area contributed by atoms with Crippen LogP contribution in [0.25, 0.3) is 10.3 Å². The molecule has 1 amide bonds. The molecule has 3 heterocycles. The SMILES string of the molecule is COc1ccc(Cl)cc1NC(=O)CSc1ncnc2nc(N3CCCC(C)C3)sc12. The third kappa shape index (κ3) is 4.79. The number of piperidine rings is 1. The topological polar surface area (TPSA) is 80.2 Å². The predicted octanol–water partition coefficient (Wildman–Crippen LogP) is 4.72. The number of thioether (sulfide) groups is 1. The van der Waals surface area contributed by atoms with E-state index in [0.29, 0.717) is 28.0 Å². The first kappa shape index (κ1) is 21.1. The Morgan fingerprint density at radius 3 is 3.10 bits per heavy atom. The van der Waals surface area contributed by atoms with E-state index in [9.17, 15) is 4.79 Å². The summed E-state index contributed by atoms with van der Waals surface area (Å²) in [5, 5.41) is 5.12. The average Bonchev–Trinajstić information content (AvgIpc) is 3.17. The number of nitrogens with one attached hydrogen (secondary N) is 1. The molecule has 4 rings (SSSR count). The van der Waals surface area contributed by atoms with Crippen molar-refractivity contribution in [3.05, 3.63) is 29.5 Å².